The Hall–Kier alpha value is -1.88. The third kappa shape index (κ3) is 3.39. The van der Waals surface area contributed by atoms with Gasteiger partial charge in [-0.05, 0) is 25.8 Å². The molecule has 2 aromatic rings. The molecule has 1 amide bonds. The van der Waals surface area contributed by atoms with Gasteiger partial charge in [0.15, 0.2) is 0 Å². The van der Waals surface area contributed by atoms with Gasteiger partial charge in [-0.1, -0.05) is 31.0 Å². The summed E-state index contributed by atoms with van der Waals surface area (Å²) in [5.41, 5.74) is 1.66. The van der Waals surface area contributed by atoms with Gasteiger partial charge < -0.3 is 10.1 Å². The monoisotopic (exact) mass is 330 g/mol. The second kappa shape index (κ2) is 6.71. The number of thiazole rings is 1. The standard InChI is InChI=1S/C18H22N2O2S/c1-13-12-23-17(19-13)18(9-5-6-10-18)20-16(21)11-14-7-3-4-8-15(14)22-2/h3-4,7-8,12H,5-6,9-11H2,1-2H3,(H,20,21). The number of benzene rings is 1. The van der Waals surface area contributed by atoms with E-state index in [0.717, 1.165) is 47.7 Å². The van der Waals surface area contributed by atoms with E-state index in [4.69, 9.17) is 4.74 Å². The van der Waals surface area contributed by atoms with Crippen LogP contribution < -0.4 is 10.1 Å². The summed E-state index contributed by atoms with van der Waals surface area (Å²) in [5.74, 6) is 0.789. The third-order valence-electron chi connectivity index (χ3n) is 4.41. The summed E-state index contributed by atoms with van der Waals surface area (Å²) in [6, 6.07) is 7.67. The lowest BCUT2D eigenvalue weighted by atomic mass is 9.97. The van der Waals surface area contributed by atoms with Gasteiger partial charge in [0.2, 0.25) is 5.91 Å². The van der Waals surface area contributed by atoms with Crippen LogP contribution in [0, 0.1) is 6.92 Å². The number of rotatable bonds is 5. The molecule has 0 atom stereocenters. The van der Waals surface area contributed by atoms with Crippen LogP contribution in [0.1, 0.15) is 41.9 Å². The zero-order valence-corrected chi connectivity index (χ0v) is 14.4. The molecule has 0 spiro atoms. The molecule has 1 N–H and O–H groups in total. The maximum absolute atomic E-state index is 12.6. The average Bonchev–Trinajstić information content (AvgIpc) is 3.18. The summed E-state index contributed by atoms with van der Waals surface area (Å²) in [7, 11) is 1.63. The molecule has 23 heavy (non-hydrogen) atoms. The number of aromatic nitrogens is 1. The minimum absolute atomic E-state index is 0.0317. The van der Waals surface area contributed by atoms with E-state index < -0.39 is 0 Å². The van der Waals surface area contributed by atoms with Crippen LogP contribution >= 0.6 is 11.3 Å². The smallest absolute Gasteiger partial charge is 0.225 e. The fraction of sp³-hybridized carbons (Fsp3) is 0.444. The van der Waals surface area contributed by atoms with Crippen LogP contribution in [0.4, 0.5) is 0 Å². The molecule has 0 radical (unpaired) electrons. The van der Waals surface area contributed by atoms with Crippen LogP contribution in [0.15, 0.2) is 29.6 Å². The predicted octanol–water partition coefficient (Wildman–Crippen LogP) is 3.59. The van der Waals surface area contributed by atoms with E-state index in [9.17, 15) is 4.79 Å². The highest BCUT2D eigenvalue weighted by atomic mass is 32.1. The fourth-order valence-electron chi connectivity index (χ4n) is 3.28. The van der Waals surface area contributed by atoms with Gasteiger partial charge in [-0.15, -0.1) is 11.3 Å². The largest absolute Gasteiger partial charge is 0.496 e. The van der Waals surface area contributed by atoms with Crippen LogP contribution in [0.2, 0.25) is 0 Å². The number of carbonyl (C=O) groups is 1. The minimum atomic E-state index is -0.280. The van der Waals surface area contributed by atoms with Crippen LogP contribution in [0.3, 0.4) is 0 Å². The first-order valence-corrected chi connectivity index (χ1v) is 8.86. The summed E-state index contributed by atoms with van der Waals surface area (Å²) in [6.07, 6.45) is 4.53. The topological polar surface area (TPSA) is 51.2 Å². The highest BCUT2D eigenvalue weighted by Crippen LogP contribution is 2.40. The Morgan fingerprint density at radius 2 is 2.09 bits per heavy atom. The molecule has 0 bridgehead atoms. The molecule has 1 heterocycles. The van der Waals surface area contributed by atoms with Gasteiger partial charge in [0.05, 0.1) is 19.1 Å². The van der Waals surface area contributed by atoms with Crippen molar-refractivity contribution in [3.63, 3.8) is 0 Å². The van der Waals surface area contributed by atoms with Crippen molar-refractivity contribution in [2.75, 3.05) is 7.11 Å². The first-order chi connectivity index (χ1) is 11.1. The zero-order chi connectivity index (χ0) is 16.3. The number of hydrogen-bond donors (Lipinski definition) is 1. The Labute approximate surface area is 140 Å². The number of amides is 1. The molecule has 5 heteroatoms. The molecule has 3 rings (SSSR count). The SMILES string of the molecule is COc1ccccc1CC(=O)NC1(c2nc(C)cs2)CCCC1. The van der Waals surface area contributed by atoms with Crippen molar-refractivity contribution in [3.05, 3.63) is 45.9 Å². The van der Waals surface area contributed by atoms with Crippen molar-refractivity contribution in [3.8, 4) is 5.75 Å². The summed E-state index contributed by atoms with van der Waals surface area (Å²) in [4.78, 5) is 17.3. The first-order valence-electron chi connectivity index (χ1n) is 7.98. The van der Waals surface area contributed by atoms with E-state index >= 15 is 0 Å². The number of nitrogens with zero attached hydrogens (tertiary/aromatic N) is 1. The first kappa shape index (κ1) is 16.0. The van der Waals surface area contributed by atoms with Crippen LogP contribution in [-0.2, 0) is 16.8 Å². The van der Waals surface area contributed by atoms with Gasteiger partial charge in [-0.3, -0.25) is 4.79 Å². The Morgan fingerprint density at radius 1 is 1.35 bits per heavy atom. The normalized spacial score (nSPS) is 16.3. The summed E-state index contributed by atoms with van der Waals surface area (Å²) >= 11 is 1.65. The Kier molecular flexibility index (Phi) is 4.66. The van der Waals surface area contributed by atoms with Gasteiger partial charge in [0.1, 0.15) is 10.8 Å². The highest BCUT2D eigenvalue weighted by molar-refractivity contribution is 7.09. The minimum Gasteiger partial charge on any atom is -0.496 e. The number of ether oxygens (including phenoxy) is 1. The van der Waals surface area contributed by atoms with E-state index in [2.05, 4.69) is 15.7 Å². The van der Waals surface area contributed by atoms with Crippen molar-refractivity contribution in [1.82, 2.24) is 10.3 Å². The number of methoxy groups -OCH3 is 1. The van der Waals surface area contributed by atoms with Gasteiger partial charge in [0.25, 0.3) is 0 Å². The molecule has 0 aliphatic heterocycles. The molecule has 1 aromatic carbocycles. The van der Waals surface area contributed by atoms with E-state index in [-0.39, 0.29) is 11.4 Å². The molecule has 1 saturated carbocycles. The van der Waals surface area contributed by atoms with Gasteiger partial charge in [-0.2, -0.15) is 0 Å². The van der Waals surface area contributed by atoms with Gasteiger partial charge >= 0.3 is 0 Å². The van der Waals surface area contributed by atoms with Crippen molar-refractivity contribution < 1.29 is 9.53 Å². The molecular formula is C18H22N2O2S. The molecule has 1 aliphatic carbocycles. The summed E-state index contributed by atoms with van der Waals surface area (Å²) < 4.78 is 5.34. The van der Waals surface area contributed by atoms with Gasteiger partial charge in [-0.25, -0.2) is 4.98 Å². The fourth-order valence-corrected chi connectivity index (χ4v) is 4.29. The highest BCUT2D eigenvalue weighted by Gasteiger charge is 2.39. The third-order valence-corrected chi connectivity index (χ3v) is 5.57. The molecule has 4 nitrogen and oxygen atoms in total. The van der Waals surface area contributed by atoms with Crippen LogP contribution in [-0.4, -0.2) is 18.0 Å². The van der Waals surface area contributed by atoms with Crippen molar-refractivity contribution in [2.45, 2.75) is 44.6 Å². The maximum Gasteiger partial charge on any atom is 0.225 e. The maximum atomic E-state index is 12.6. The number of aryl methyl sites for hydroxylation is 1. The van der Waals surface area contributed by atoms with Crippen molar-refractivity contribution >= 4 is 17.2 Å². The van der Waals surface area contributed by atoms with Crippen molar-refractivity contribution in [2.24, 2.45) is 0 Å². The summed E-state index contributed by atoms with van der Waals surface area (Å²) in [6.45, 7) is 2.00. The second-order valence-electron chi connectivity index (χ2n) is 6.12. The van der Waals surface area contributed by atoms with Crippen molar-refractivity contribution in [1.29, 1.82) is 0 Å². The van der Waals surface area contributed by atoms with E-state index in [1.54, 1.807) is 18.4 Å². The second-order valence-corrected chi connectivity index (χ2v) is 6.98. The average molecular weight is 330 g/mol. The van der Waals surface area contributed by atoms with E-state index in [1.807, 2.05) is 31.2 Å². The number of nitrogens with one attached hydrogen (secondary N) is 1. The van der Waals surface area contributed by atoms with E-state index in [1.165, 1.54) is 0 Å². The lowest BCUT2D eigenvalue weighted by Crippen LogP contribution is -2.44. The Morgan fingerprint density at radius 3 is 2.74 bits per heavy atom. The molecule has 0 unspecified atom stereocenters. The molecule has 1 aromatic heterocycles. The number of hydrogen-bond acceptors (Lipinski definition) is 4. The van der Waals surface area contributed by atoms with E-state index in [0.29, 0.717) is 6.42 Å². The lowest BCUT2D eigenvalue weighted by Gasteiger charge is -2.28. The van der Waals surface area contributed by atoms with Crippen LogP contribution in [0.5, 0.6) is 5.75 Å². The zero-order valence-electron chi connectivity index (χ0n) is 13.6. The molecule has 122 valence electrons. The molecule has 1 fully saturated rings. The Balaban J connectivity index is 1.77. The van der Waals surface area contributed by atoms with Crippen LogP contribution in [0.25, 0.3) is 0 Å². The lowest BCUT2D eigenvalue weighted by molar-refractivity contribution is -0.122. The predicted molar refractivity (Wildman–Crippen MR) is 91.8 cm³/mol. The molecule has 1 aliphatic rings. The number of para-hydroxylation sites is 1. The van der Waals surface area contributed by atoms with Gasteiger partial charge in [0, 0.05) is 16.6 Å². The Bertz CT molecular complexity index is 690. The summed E-state index contributed by atoms with van der Waals surface area (Å²) in [5, 5.41) is 6.38. The molecule has 0 saturated heterocycles. The molecular weight excluding hydrogens is 308 g/mol. The number of carbonyl (C=O) groups excluding carboxylic acids is 1. The quantitative estimate of drug-likeness (QED) is 0.911.